The highest BCUT2D eigenvalue weighted by molar-refractivity contribution is 7.99. The van der Waals surface area contributed by atoms with Gasteiger partial charge in [-0.05, 0) is 42.7 Å². The Balaban J connectivity index is 1.44. The van der Waals surface area contributed by atoms with Crippen molar-refractivity contribution in [2.24, 2.45) is 0 Å². The molecule has 2 aliphatic rings. The lowest BCUT2D eigenvalue weighted by Crippen LogP contribution is -2.43. The lowest BCUT2D eigenvalue weighted by Gasteiger charge is -2.35. The second kappa shape index (κ2) is 11.1. The van der Waals surface area contributed by atoms with Crippen LogP contribution >= 0.6 is 11.8 Å². The van der Waals surface area contributed by atoms with Crippen molar-refractivity contribution < 1.29 is 18.7 Å². The molecule has 0 aromatic heterocycles. The third kappa shape index (κ3) is 6.07. The van der Waals surface area contributed by atoms with Crippen LogP contribution in [0.3, 0.4) is 0 Å². The van der Waals surface area contributed by atoms with Crippen LogP contribution in [0.25, 0.3) is 0 Å². The lowest BCUT2D eigenvalue weighted by molar-refractivity contribution is 0.0161. The SMILES string of the molecule is O=C(NCC(c1cccc(F)c1)N1CCOCC1)c1ccccc1SCC1CCCO1. The molecule has 2 saturated heterocycles. The normalized spacial score (nSPS) is 20.5. The van der Waals surface area contributed by atoms with E-state index in [2.05, 4.69) is 10.2 Å². The van der Waals surface area contributed by atoms with Crippen molar-refractivity contribution >= 4 is 17.7 Å². The van der Waals surface area contributed by atoms with E-state index in [0.29, 0.717) is 25.3 Å². The minimum atomic E-state index is -0.266. The number of benzene rings is 2. The van der Waals surface area contributed by atoms with Crippen molar-refractivity contribution in [3.05, 3.63) is 65.5 Å². The van der Waals surface area contributed by atoms with Gasteiger partial charge in [0.2, 0.25) is 0 Å². The van der Waals surface area contributed by atoms with E-state index >= 15 is 0 Å². The van der Waals surface area contributed by atoms with Gasteiger partial charge < -0.3 is 14.8 Å². The zero-order valence-electron chi connectivity index (χ0n) is 17.6. The summed E-state index contributed by atoms with van der Waals surface area (Å²) in [6.45, 7) is 4.03. The summed E-state index contributed by atoms with van der Waals surface area (Å²) >= 11 is 1.67. The minimum Gasteiger partial charge on any atom is -0.379 e. The minimum absolute atomic E-state index is 0.102. The Kier molecular flexibility index (Phi) is 7.97. The molecule has 0 bridgehead atoms. The summed E-state index contributed by atoms with van der Waals surface area (Å²) in [4.78, 5) is 16.3. The monoisotopic (exact) mass is 444 g/mol. The summed E-state index contributed by atoms with van der Waals surface area (Å²) in [5, 5.41) is 3.09. The highest BCUT2D eigenvalue weighted by Gasteiger charge is 2.24. The molecule has 0 spiro atoms. The van der Waals surface area contributed by atoms with Crippen molar-refractivity contribution in [1.82, 2.24) is 10.2 Å². The van der Waals surface area contributed by atoms with E-state index < -0.39 is 0 Å². The Morgan fingerprint density at radius 3 is 2.77 bits per heavy atom. The molecular formula is C24H29FN2O3S. The zero-order chi connectivity index (χ0) is 21.5. The maximum atomic E-state index is 13.9. The van der Waals surface area contributed by atoms with Crippen LogP contribution in [0.5, 0.6) is 0 Å². The molecule has 0 saturated carbocycles. The lowest BCUT2D eigenvalue weighted by atomic mass is 10.0. The topological polar surface area (TPSA) is 50.8 Å². The van der Waals surface area contributed by atoms with Gasteiger partial charge in [0.15, 0.2) is 0 Å². The Bertz CT molecular complexity index is 869. The van der Waals surface area contributed by atoms with E-state index in [-0.39, 0.29) is 23.9 Å². The van der Waals surface area contributed by atoms with E-state index in [0.717, 1.165) is 48.7 Å². The first kappa shape index (κ1) is 22.3. The fraction of sp³-hybridized carbons (Fsp3) is 0.458. The summed E-state index contributed by atoms with van der Waals surface area (Å²) < 4.78 is 25.1. The van der Waals surface area contributed by atoms with Crippen LogP contribution in [0.4, 0.5) is 4.39 Å². The first-order valence-electron chi connectivity index (χ1n) is 10.9. The zero-order valence-corrected chi connectivity index (χ0v) is 18.4. The standard InChI is InChI=1S/C24H29FN2O3S/c25-19-6-3-5-18(15-19)22(27-10-13-29-14-11-27)16-26-24(28)21-8-1-2-9-23(21)31-17-20-7-4-12-30-20/h1-3,5-6,8-9,15,20,22H,4,7,10-14,16-17H2,(H,26,28). The second-order valence-corrected chi connectivity index (χ2v) is 8.93. The van der Waals surface area contributed by atoms with Gasteiger partial charge >= 0.3 is 0 Å². The fourth-order valence-electron chi connectivity index (χ4n) is 4.08. The molecule has 4 rings (SSSR count). The summed E-state index contributed by atoms with van der Waals surface area (Å²) in [6.07, 6.45) is 2.45. The van der Waals surface area contributed by atoms with Crippen molar-refractivity contribution in [3.8, 4) is 0 Å². The average molecular weight is 445 g/mol. The number of hydrogen-bond acceptors (Lipinski definition) is 5. The predicted molar refractivity (Wildman–Crippen MR) is 120 cm³/mol. The van der Waals surface area contributed by atoms with Gasteiger partial charge in [-0.3, -0.25) is 9.69 Å². The average Bonchev–Trinajstić information content (AvgIpc) is 3.32. The van der Waals surface area contributed by atoms with E-state index in [1.165, 1.54) is 6.07 Å². The van der Waals surface area contributed by atoms with Crippen LogP contribution in [-0.2, 0) is 9.47 Å². The van der Waals surface area contributed by atoms with Crippen molar-refractivity contribution in [3.63, 3.8) is 0 Å². The van der Waals surface area contributed by atoms with Crippen LogP contribution in [-0.4, -0.2) is 62.1 Å². The molecule has 1 amide bonds. The Hall–Kier alpha value is -1.93. The largest absolute Gasteiger partial charge is 0.379 e. The molecule has 2 fully saturated rings. The van der Waals surface area contributed by atoms with Gasteiger partial charge in [-0.25, -0.2) is 4.39 Å². The number of carbonyl (C=O) groups excluding carboxylic acids is 1. The number of morpholine rings is 1. The van der Waals surface area contributed by atoms with E-state index in [1.807, 2.05) is 30.3 Å². The number of nitrogens with zero attached hydrogens (tertiary/aromatic N) is 1. The highest BCUT2D eigenvalue weighted by Crippen LogP contribution is 2.27. The molecule has 2 aromatic rings. The first-order chi connectivity index (χ1) is 15.2. The predicted octanol–water partition coefficient (Wildman–Crippen LogP) is 3.90. The quantitative estimate of drug-likeness (QED) is 0.626. The molecule has 5 nitrogen and oxygen atoms in total. The molecule has 31 heavy (non-hydrogen) atoms. The highest BCUT2D eigenvalue weighted by atomic mass is 32.2. The van der Waals surface area contributed by atoms with E-state index in [1.54, 1.807) is 23.9 Å². The van der Waals surface area contributed by atoms with Crippen molar-refractivity contribution in [2.75, 3.05) is 45.2 Å². The van der Waals surface area contributed by atoms with Crippen LogP contribution in [0.1, 0.15) is 34.8 Å². The van der Waals surface area contributed by atoms with Gasteiger partial charge in [-0.15, -0.1) is 11.8 Å². The third-order valence-corrected chi connectivity index (χ3v) is 6.96. The number of hydrogen-bond donors (Lipinski definition) is 1. The Labute approximate surface area is 187 Å². The number of halogens is 1. The maximum absolute atomic E-state index is 13.9. The second-order valence-electron chi connectivity index (χ2n) is 7.87. The summed E-state index contributed by atoms with van der Waals surface area (Å²) in [5.41, 5.74) is 1.54. The van der Waals surface area contributed by atoms with Gasteiger partial charge in [-0.1, -0.05) is 24.3 Å². The molecule has 0 radical (unpaired) electrons. The molecule has 2 heterocycles. The van der Waals surface area contributed by atoms with Crippen LogP contribution in [0, 0.1) is 5.82 Å². The van der Waals surface area contributed by atoms with Gasteiger partial charge in [0.05, 0.1) is 30.9 Å². The number of ether oxygens (including phenoxy) is 2. The van der Waals surface area contributed by atoms with Gasteiger partial charge in [0.1, 0.15) is 5.82 Å². The molecule has 7 heteroatoms. The van der Waals surface area contributed by atoms with Crippen LogP contribution in [0.2, 0.25) is 0 Å². The molecular weight excluding hydrogens is 415 g/mol. The summed E-state index contributed by atoms with van der Waals surface area (Å²) in [5.74, 6) is 0.479. The molecule has 2 atom stereocenters. The van der Waals surface area contributed by atoms with Crippen molar-refractivity contribution in [1.29, 1.82) is 0 Å². The number of thioether (sulfide) groups is 1. The maximum Gasteiger partial charge on any atom is 0.252 e. The molecule has 166 valence electrons. The van der Waals surface area contributed by atoms with Gasteiger partial charge in [0, 0.05) is 36.9 Å². The number of amides is 1. The van der Waals surface area contributed by atoms with Gasteiger partial charge in [0.25, 0.3) is 5.91 Å². The molecule has 0 aliphatic carbocycles. The summed E-state index contributed by atoms with van der Waals surface area (Å²) in [6, 6.07) is 14.2. The molecule has 2 unspecified atom stereocenters. The number of nitrogens with one attached hydrogen (secondary N) is 1. The molecule has 1 N–H and O–H groups in total. The Morgan fingerprint density at radius 2 is 2.00 bits per heavy atom. The number of carbonyl (C=O) groups is 1. The number of rotatable bonds is 8. The Morgan fingerprint density at radius 1 is 1.16 bits per heavy atom. The third-order valence-electron chi connectivity index (χ3n) is 5.76. The van der Waals surface area contributed by atoms with Crippen molar-refractivity contribution in [2.45, 2.75) is 29.9 Å². The van der Waals surface area contributed by atoms with Crippen LogP contribution < -0.4 is 5.32 Å². The van der Waals surface area contributed by atoms with Gasteiger partial charge in [-0.2, -0.15) is 0 Å². The summed E-state index contributed by atoms with van der Waals surface area (Å²) in [7, 11) is 0. The fourth-order valence-corrected chi connectivity index (χ4v) is 5.20. The van der Waals surface area contributed by atoms with E-state index in [4.69, 9.17) is 9.47 Å². The van der Waals surface area contributed by atoms with Crippen LogP contribution in [0.15, 0.2) is 53.4 Å². The smallest absolute Gasteiger partial charge is 0.252 e. The molecule has 2 aromatic carbocycles. The van der Waals surface area contributed by atoms with E-state index in [9.17, 15) is 9.18 Å². The first-order valence-corrected chi connectivity index (χ1v) is 11.9. The molecule has 2 aliphatic heterocycles.